The molecule has 4 heteroatoms. The summed E-state index contributed by atoms with van der Waals surface area (Å²) in [5, 5.41) is 15.2. The van der Waals surface area contributed by atoms with Crippen LogP contribution in [-0.2, 0) is 0 Å². The van der Waals surface area contributed by atoms with Gasteiger partial charge in [-0.25, -0.2) is 0 Å². The Balaban J connectivity index is 0.944. The maximum atomic E-state index is 2.59. The molecule has 0 N–H and O–H groups in total. The Labute approximate surface area is 470 Å². The highest BCUT2D eigenvalue weighted by molar-refractivity contribution is 6.45. The molecule has 0 saturated carbocycles. The van der Waals surface area contributed by atoms with Gasteiger partial charge in [0, 0.05) is 75.8 Å². The van der Waals surface area contributed by atoms with Crippen molar-refractivity contribution in [3.05, 3.63) is 279 Å². The van der Waals surface area contributed by atoms with E-state index >= 15 is 0 Å². The van der Waals surface area contributed by atoms with Gasteiger partial charge in [-0.15, -0.1) is 0 Å². The molecule has 4 nitrogen and oxygen atoms in total. The third-order valence-electron chi connectivity index (χ3n) is 18.2. The number of hydrogen-bond donors (Lipinski definition) is 0. The minimum Gasteiger partial charge on any atom is -0.309 e. The molecule has 0 aliphatic rings. The van der Waals surface area contributed by atoms with Crippen molar-refractivity contribution >= 4 is 120 Å². The van der Waals surface area contributed by atoms with Gasteiger partial charge >= 0.3 is 0 Å². The number of rotatable bonds is 6. The van der Waals surface area contributed by atoms with E-state index in [0.717, 1.165) is 11.4 Å². The second-order valence-corrected chi connectivity index (χ2v) is 22.2. The normalized spacial score (nSPS) is 12.4. The zero-order chi connectivity index (χ0) is 53.3. The summed E-state index contributed by atoms with van der Waals surface area (Å²) in [7, 11) is 0. The molecular formula is C78H46N4. The Bertz CT molecular complexity index is 5400. The summed E-state index contributed by atoms with van der Waals surface area (Å²) in [6.45, 7) is 0. The zero-order valence-electron chi connectivity index (χ0n) is 44.3. The van der Waals surface area contributed by atoms with Crippen LogP contribution in [0.25, 0.3) is 176 Å². The molecule has 0 unspecified atom stereocenters. The highest BCUT2D eigenvalue weighted by atomic mass is 15.0. The highest BCUT2D eigenvalue weighted by Crippen LogP contribution is 2.54. The summed E-state index contributed by atoms with van der Waals surface area (Å²) < 4.78 is 10.2. The lowest BCUT2D eigenvalue weighted by atomic mass is 9.90. The number of aromatic nitrogens is 4. The van der Waals surface area contributed by atoms with Crippen LogP contribution in [0.4, 0.5) is 0 Å². The lowest BCUT2D eigenvalue weighted by Crippen LogP contribution is -1.99. The Kier molecular flexibility index (Phi) is 8.76. The molecule has 378 valence electrons. The van der Waals surface area contributed by atoms with Gasteiger partial charge in [0.1, 0.15) is 0 Å². The second-order valence-electron chi connectivity index (χ2n) is 22.2. The molecule has 0 fully saturated rings. The van der Waals surface area contributed by atoms with Crippen LogP contribution in [0.1, 0.15) is 0 Å². The Morgan fingerprint density at radius 3 is 0.878 bits per heavy atom. The molecule has 0 amide bonds. The van der Waals surface area contributed by atoms with E-state index in [2.05, 4.69) is 297 Å². The third-order valence-corrected chi connectivity index (χ3v) is 18.2. The summed E-state index contributed by atoms with van der Waals surface area (Å²) in [6.07, 6.45) is 0. The molecule has 0 radical (unpaired) electrons. The maximum absolute atomic E-state index is 2.59. The molecule has 0 aliphatic carbocycles. The molecule has 0 spiro atoms. The zero-order valence-corrected chi connectivity index (χ0v) is 44.3. The van der Waals surface area contributed by atoms with Crippen molar-refractivity contribution in [2.24, 2.45) is 0 Å². The van der Waals surface area contributed by atoms with E-state index in [4.69, 9.17) is 0 Å². The van der Waals surface area contributed by atoms with Crippen molar-refractivity contribution < 1.29 is 0 Å². The van der Waals surface area contributed by atoms with Crippen molar-refractivity contribution in [3.63, 3.8) is 0 Å². The average Bonchev–Trinajstić information content (AvgIpc) is 2.61. The monoisotopic (exact) mass is 1040 g/mol. The molecule has 13 aromatic carbocycles. The minimum absolute atomic E-state index is 1.16. The average molecular weight is 1040 g/mol. The molecule has 0 aliphatic heterocycles. The van der Waals surface area contributed by atoms with E-state index in [1.807, 2.05) is 0 Å². The van der Waals surface area contributed by atoms with Crippen molar-refractivity contribution in [3.8, 4) is 55.9 Å². The van der Waals surface area contributed by atoms with Gasteiger partial charge < -0.3 is 17.9 Å². The fourth-order valence-corrected chi connectivity index (χ4v) is 15.0. The van der Waals surface area contributed by atoms with Crippen molar-refractivity contribution in [2.75, 3.05) is 0 Å². The van der Waals surface area contributed by atoms with Gasteiger partial charge in [-0.3, -0.25) is 0 Å². The minimum atomic E-state index is 1.16. The summed E-state index contributed by atoms with van der Waals surface area (Å²) in [6, 6.07) is 104. The summed E-state index contributed by atoms with van der Waals surface area (Å²) in [5.74, 6) is 0. The predicted molar refractivity (Wildman–Crippen MR) is 346 cm³/mol. The van der Waals surface area contributed by atoms with Crippen LogP contribution in [0.15, 0.2) is 279 Å². The molecule has 19 aromatic rings. The van der Waals surface area contributed by atoms with Gasteiger partial charge in [-0.1, -0.05) is 206 Å². The van der Waals surface area contributed by atoms with Gasteiger partial charge in [0.05, 0.1) is 66.5 Å². The Morgan fingerprint density at radius 2 is 0.500 bits per heavy atom. The number of hydrogen-bond acceptors (Lipinski definition) is 0. The van der Waals surface area contributed by atoms with E-state index in [1.54, 1.807) is 0 Å². The number of benzene rings is 13. The smallest absolute Gasteiger partial charge is 0.0634 e. The van der Waals surface area contributed by atoms with Gasteiger partial charge in [0.15, 0.2) is 0 Å². The molecule has 0 bridgehead atoms. The second kappa shape index (κ2) is 16.3. The first-order chi connectivity index (χ1) is 40.8. The van der Waals surface area contributed by atoms with E-state index in [-0.39, 0.29) is 0 Å². The van der Waals surface area contributed by atoms with Gasteiger partial charge in [-0.2, -0.15) is 0 Å². The number of nitrogens with zero attached hydrogens (tertiary/aromatic N) is 4. The first-order valence-electron chi connectivity index (χ1n) is 28.4. The third kappa shape index (κ3) is 5.69. The lowest BCUT2D eigenvalue weighted by Gasteiger charge is -2.19. The quantitative estimate of drug-likeness (QED) is 0.158. The van der Waals surface area contributed by atoms with Crippen LogP contribution < -0.4 is 0 Å². The Hall–Kier alpha value is -10.9. The molecular weight excluding hydrogens is 993 g/mol. The van der Waals surface area contributed by atoms with Gasteiger partial charge in [-0.05, 0) is 106 Å². The van der Waals surface area contributed by atoms with Crippen molar-refractivity contribution in [1.82, 2.24) is 17.9 Å². The first-order valence-corrected chi connectivity index (χ1v) is 28.4. The number of fused-ring (bicyclic) bond motifs is 20. The molecule has 0 saturated heterocycles. The first kappa shape index (κ1) is 44.0. The molecule has 19 rings (SSSR count). The van der Waals surface area contributed by atoms with E-state index in [9.17, 15) is 0 Å². The summed E-state index contributed by atoms with van der Waals surface area (Å²) in [5.41, 5.74) is 24.0. The molecule has 6 aromatic heterocycles. The van der Waals surface area contributed by atoms with E-state index < -0.39 is 0 Å². The SMILES string of the molecule is c1ccc(-c2cccc(-n3c4ccccc4c4ccccc43)c2-c2ccc3c(c2)c2c4c5ccccc5n5c6ccc(-c7c(-c8ccccc8)cccc7-n7c8ccccc8c8ccccc87)cc6c(c6c7ccccc7n3c62)c45)cc1. The van der Waals surface area contributed by atoms with Crippen LogP contribution >= 0.6 is 0 Å². The summed E-state index contributed by atoms with van der Waals surface area (Å²) in [4.78, 5) is 0. The van der Waals surface area contributed by atoms with Crippen molar-refractivity contribution in [2.45, 2.75) is 0 Å². The molecule has 82 heavy (non-hydrogen) atoms. The van der Waals surface area contributed by atoms with E-state index in [1.165, 1.54) is 164 Å². The van der Waals surface area contributed by atoms with Crippen LogP contribution in [0.2, 0.25) is 0 Å². The standard InChI is InChI=1S/C78H46N4/c1-3-21-47(22-4-1)51-31-19-39-69(79-61-33-13-7-25-53(61)54-26-8-14-34-62(54)79)71(51)49-41-43-67-59(45-49)75-73-57-29-11-18-38-66(57)82-68-44-42-50(46-60(68)76(78(73)82)74-58-30-12-17-37-65(58)81(67)77(74)75)72-52(48-23-5-2-6-24-48)32-20-40-70(72)80-63-35-15-9-27-55(63)56-28-10-16-36-64(56)80/h1-46H. The Morgan fingerprint density at radius 1 is 0.195 bits per heavy atom. The molecule has 6 heterocycles. The van der Waals surface area contributed by atoms with Gasteiger partial charge in [0.2, 0.25) is 0 Å². The predicted octanol–water partition coefficient (Wildman–Crippen LogP) is 20.8. The van der Waals surface area contributed by atoms with Crippen molar-refractivity contribution in [1.29, 1.82) is 0 Å². The molecule has 0 atom stereocenters. The highest BCUT2D eigenvalue weighted by Gasteiger charge is 2.30. The maximum Gasteiger partial charge on any atom is 0.0634 e. The van der Waals surface area contributed by atoms with Gasteiger partial charge in [0.25, 0.3) is 0 Å². The largest absolute Gasteiger partial charge is 0.309 e. The topological polar surface area (TPSA) is 18.7 Å². The van der Waals surface area contributed by atoms with Crippen LogP contribution in [-0.4, -0.2) is 17.9 Å². The fraction of sp³-hybridized carbons (Fsp3) is 0. The van der Waals surface area contributed by atoms with Crippen LogP contribution in [0.5, 0.6) is 0 Å². The van der Waals surface area contributed by atoms with Crippen LogP contribution in [0.3, 0.4) is 0 Å². The number of para-hydroxylation sites is 6. The van der Waals surface area contributed by atoms with Crippen LogP contribution in [0, 0.1) is 0 Å². The lowest BCUT2D eigenvalue weighted by molar-refractivity contribution is 1.18. The summed E-state index contributed by atoms with van der Waals surface area (Å²) >= 11 is 0. The van der Waals surface area contributed by atoms with E-state index in [0.29, 0.717) is 0 Å². The fourth-order valence-electron chi connectivity index (χ4n) is 15.0.